The Hall–Kier alpha value is -2.16. The fourth-order valence-electron chi connectivity index (χ4n) is 2.89. The average Bonchev–Trinajstić information content (AvgIpc) is 2.74. The minimum Gasteiger partial charge on any atom is -0.493 e. The molecule has 0 saturated heterocycles. The Morgan fingerprint density at radius 3 is 2.27 bits per heavy atom. The minimum atomic E-state index is -3.55. The Labute approximate surface area is 186 Å². The van der Waals surface area contributed by atoms with Gasteiger partial charge in [0, 0.05) is 18.7 Å². The first kappa shape index (κ1) is 24.1. The van der Waals surface area contributed by atoms with Gasteiger partial charge in [-0.3, -0.25) is 4.79 Å². The number of nitrogens with zero attached hydrogens (tertiary/aromatic N) is 1. The second kappa shape index (κ2) is 10.7. The highest BCUT2D eigenvalue weighted by atomic mass is 79.9. The summed E-state index contributed by atoms with van der Waals surface area (Å²) in [5.41, 5.74) is 1.16. The van der Waals surface area contributed by atoms with Crippen LogP contribution in [0.25, 0.3) is 6.08 Å². The maximum atomic E-state index is 12.6. The van der Waals surface area contributed by atoms with Gasteiger partial charge in [-0.15, -0.1) is 0 Å². The highest BCUT2D eigenvalue weighted by molar-refractivity contribution is 9.10. The molecule has 0 amide bonds. The number of carbonyl (C=O) groups excluding carboxylic acids is 1. The summed E-state index contributed by atoms with van der Waals surface area (Å²) in [5, 5.41) is 0. The van der Waals surface area contributed by atoms with Crippen molar-refractivity contribution < 1.29 is 22.7 Å². The van der Waals surface area contributed by atoms with Gasteiger partial charge in [-0.2, -0.15) is 4.31 Å². The number of hydrogen-bond acceptors (Lipinski definition) is 5. The molecule has 2 aromatic carbocycles. The molecule has 2 rings (SSSR count). The van der Waals surface area contributed by atoms with E-state index in [0.29, 0.717) is 36.8 Å². The standard InChI is InChI=1S/C22H26BrNO5S/c1-5-24(6-2)30(26,27)18-11-9-17(10-12-18)20(25)13-8-16-14-19(23)22(29-7-3)21(15-16)28-4/h8-15H,5-7H2,1-4H3. The lowest BCUT2D eigenvalue weighted by Gasteiger charge is -2.18. The van der Waals surface area contributed by atoms with Crippen LogP contribution in [0.1, 0.15) is 36.7 Å². The van der Waals surface area contributed by atoms with Crippen molar-refractivity contribution in [3.8, 4) is 11.5 Å². The summed E-state index contributed by atoms with van der Waals surface area (Å²) in [7, 11) is -1.99. The predicted octanol–water partition coefficient (Wildman–Crippen LogP) is 4.78. The maximum absolute atomic E-state index is 12.6. The molecular formula is C22H26BrNO5S. The predicted molar refractivity (Wildman–Crippen MR) is 122 cm³/mol. The molecule has 0 spiro atoms. The van der Waals surface area contributed by atoms with E-state index >= 15 is 0 Å². The number of carbonyl (C=O) groups is 1. The summed E-state index contributed by atoms with van der Waals surface area (Å²) >= 11 is 3.46. The number of ketones is 1. The van der Waals surface area contributed by atoms with Gasteiger partial charge in [0.2, 0.25) is 10.0 Å². The molecule has 0 N–H and O–H groups in total. The van der Waals surface area contributed by atoms with E-state index in [1.165, 1.54) is 34.6 Å². The van der Waals surface area contributed by atoms with E-state index in [9.17, 15) is 13.2 Å². The first-order valence-electron chi connectivity index (χ1n) is 9.61. The number of ether oxygens (including phenoxy) is 2. The molecule has 0 heterocycles. The average molecular weight is 496 g/mol. The van der Waals surface area contributed by atoms with Crippen molar-refractivity contribution in [2.45, 2.75) is 25.7 Å². The summed E-state index contributed by atoms with van der Waals surface area (Å²) in [5.74, 6) is 0.934. The van der Waals surface area contributed by atoms with Crippen LogP contribution < -0.4 is 9.47 Å². The zero-order valence-electron chi connectivity index (χ0n) is 17.5. The molecular weight excluding hydrogens is 470 g/mol. The third-order valence-electron chi connectivity index (χ3n) is 4.45. The van der Waals surface area contributed by atoms with Crippen LogP contribution in [0.5, 0.6) is 11.5 Å². The monoisotopic (exact) mass is 495 g/mol. The lowest BCUT2D eigenvalue weighted by Crippen LogP contribution is -2.30. The number of hydrogen-bond donors (Lipinski definition) is 0. The van der Waals surface area contributed by atoms with Crippen LogP contribution in [0.3, 0.4) is 0 Å². The third kappa shape index (κ3) is 5.50. The molecule has 0 unspecified atom stereocenters. The van der Waals surface area contributed by atoms with Crippen molar-refractivity contribution in [3.63, 3.8) is 0 Å². The molecule has 0 atom stereocenters. The van der Waals surface area contributed by atoms with Gasteiger partial charge in [-0.1, -0.05) is 19.9 Å². The van der Waals surface area contributed by atoms with Gasteiger partial charge >= 0.3 is 0 Å². The first-order valence-corrected chi connectivity index (χ1v) is 11.8. The Morgan fingerprint density at radius 1 is 1.10 bits per heavy atom. The zero-order valence-corrected chi connectivity index (χ0v) is 19.9. The number of halogens is 1. The molecule has 0 radical (unpaired) electrons. The van der Waals surface area contributed by atoms with Crippen LogP contribution in [0.15, 0.2) is 51.8 Å². The molecule has 30 heavy (non-hydrogen) atoms. The van der Waals surface area contributed by atoms with E-state index in [-0.39, 0.29) is 10.7 Å². The van der Waals surface area contributed by atoms with Crippen molar-refractivity contribution >= 4 is 37.8 Å². The van der Waals surface area contributed by atoms with Crippen molar-refractivity contribution in [1.29, 1.82) is 0 Å². The van der Waals surface area contributed by atoms with E-state index < -0.39 is 10.0 Å². The Kier molecular flexibility index (Phi) is 8.64. The van der Waals surface area contributed by atoms with E-state index in [1.807, 2.05) is 13.0 Å². The molecule has 0 saturated carbocycles. The number of benzene rings is 2. The molecule has 162 valence electrons. The van der Waals surface area contributed by atoms with Crippen molar-refractivity contribution in [2.75, 3.05) is 26.8 Å². The number of rotatable bonds is 10. The van der Waals surface area contributed by atoms with Crippen molar-refractivity contribution in [1.82, 2.24) is 4.31 Å². The molecule has 0 fully saturated rings. The van der Waals surface area contributed by atoms with Gasteiger partial charge in [0.25, 0.3) is 0 Å². The molecule has 0 aliphatic heterocycles. The Bertz CT molecular complexity index is 1010. The first-order chi connectivity index (χ1) is 14.3. The number of sulfonamides is 1. The van der Waals surface area contributed by atoms with Crippen LogP contribution in [0.2, 0.25) is 0 Å². The normalized spacial score (nSPS) is 11.8. The maximum Gasteiger partial charge on any atom is 0.243 e. The van der Waals surface area contributed by atoms with Gasteiger partial charge in [-0.05, 0) is 70.9 Å². The van der Waals surface area contributed by atoms with Crippen molar-refractivity contribution in [2.24, 2.45) is 0 Å². The molecule has 0 aliphatic rings. The van der Waals surface area contributed by atoms with Gasteiger partial charge < -0.3 is 9.47 Å². The lowest BCUT2D eigenvalue weighted by atomic mass is 10.1. The molecule has 2 aromatic rings. The summed E-state index contributed by atoms with van der Waals surface area (Å²) < 4.78 is 38.1. The molecule has 0 aliphatic carbocycles. The van der Waals surface area contributed by atoms with Crippen LogP contribution in [-0.2, 0) is 10.0 Å². The summed E-state index contributed by atoms with van der Waals surface area (Å²) in [6.45, 7) is 6.75. The topological polar surface area (TPSA) is 72.9 Å². The van der Waals surface area contributed by atoms with Gasteiger partial charge in [0.05, 0.1) is 23.1 Å². The molecule has 0 aromatic heterocycles. The molecule has 8 heteroatoms. The van der Waals surface area contributed by atoms with E-state index in [4.69, 9.17) is 9.47 Å². The quantitative estimate of drug-likeness (QED) is 0.350. The summed E-state index contributed by atoms with van der Waals surface area (Å²) in [4.78, 5) is 12.7. The van der Waals surface area contributed by atoms with Crippen LogP contribution in [0, 0.1) is 0 Å². The Morgan fingerprint density at radius 2 is 1.73 bits per heavy atom. The van der Waals surface area contributed by atoms with Crippen LogP contribution in [0.4, 0.5) is 0 Å². The van der Waals surface area contributed by atoms with Gasteiger partial charge in [-0.25, -0.2) is 8.42 Å². The second-order valence-electron chi connectivity index (χ2n) is 6.28. The fourth-order valence-corrected chi connectivity index (χ4v) is 4.92. The highest BCUT2D eigenvalue weighted by Crippen LogP contribution is 2.37. The van der Waals surface area contributed by atoms with Crippen LogP contribution >= 0.6 is 15.9 Å². The smallest absolute Gasteiger partial charge is 0.243 e. The lowest BCUT2D eigenvalue weighted by molar-refractivity contribution is 0.104. The zero-order chi connectivity index (χ0) is 22.3. The van der Waals surface area contributed by atoms with Crippen LogP contribution in [-0.4, -0.2) is 45.3 Å². The second-order valence-corrected chi connectivity index (χ2v) is 9.07. The summed E-state index contributed by atoms with van der Waals surface area (Å²) in [6, 6.07) is 9.59. The summed E-state index contributed by atoms with van der Waals surface area (Å²) in [6.07, 6.45) is 3.11. The molecule has 6 nitrogen and oxygen atoms in total. The van der Waals surface area contributed by atoms with E-state index in [2.05, 4.69) is 15.9 Å². The largest absolute Gasteiger partial charge is 0.493 e. The number of methoxy groups -OCH3 is 1. The molecule has 0 bridgehead atoms. The van der Waals surface area contributed by atoms with Gasteiger partial charge in [0.1, 0.15) is 0 Å². The highest BCUT2D eigenvalue weighted by Gasteiger charge is 2.21. The number of allylic oxidation sites excluding steroid dienone is 1. The van der Waals surface area contributed by atoms with Gasteiger partial charge in [0.15, 0.2) is 17.3 Å². The fraction of sp³-hybridized carbons (Fsp3) is 0.318. The Balaban J connectivity index is 2.22. The van der Waals surface area contributed by atoms with E-state index in [0.717, 1.165) is 10.0 Å². The van der Waals surface area contributed by atoms with E-state index in [1.54, 1.807) is 33.1 Å². The third-order valence-corrected chi connectivity index (χ3v) is 7.10. The minimum absolute atomic E-state index is 0.173. The van der Waals surface area contributed by atoms with Crippen molar-refractivity contribution in [3.05, 3.63) is 58.1 Å². The SMILES string of the molecule is CCOc1c(Br)cc(C=CC(=O)c2ccc(S(=O)(=O)N(CC)CC)cc2)cc1OC.